The van der Waals surface area contributed by atoms with Gasteiger partial charge in [-0.25, -0.2) is 0 Å². The van der Waals surface area contributed by atoms with Gasteiger partial charge in [-0.2, -0.15) is 0 Å². The number of aryl methyl sites for hydroxylation is 2. The van der Waals surface area contributed by atoms with E-state index in [1.807, 2.05) is 46.2 Å². The molecule has 6 heteroatoms. The van der Waals surface area contributed by atoms with Gasteiger partial charge in [-0.1, -0.05) is 124 Å². The van der Waals surface area contributed by atoms with E-state index in [2.05, 4.69) is 140 Å². The molecule has 1 nitrogen and oxygen atoms in total. The lowest BCUT2D eigenvalue weighted by Gasteiger charge is -2.33. The lowest BCUT2D eigenvalue weighted by Crippen LogP contribution is -2.58. The van der Waals surface area contributed by atoms with Gasteiger partial charge in [-0.3, -0.25) is 0 Å². The highest BCUT2D eigenvalue weighted by Gasteiger charge is 2.39. The highest BCUT2D eigenvalue weighted by molar-refractivity contribution is 8.01. The van der Waals surface area contributed by atoms with E-state index in [0.29, 0.717) is 0 Å². The number of nitrogens with zero attached hydrogens (tertiary/aromatic N) is 1. The minimum atomic E-state index is 0.241. The Morgan fingerprint density at radius 3 is 1.64 bits per heavy atom. The summed E-state index contributed by atoms with van der Waals surface area (Å²) in [4.78, 5) is 5.49. The zero-order valence-electron chi connectivity index (χ0n) is 27.2. The molecule has 2 aliphatic heterocycles. The van der Waals surface area contributed by atoms with Crippen LogP contribution in [0.5, 0.6) is 0 Å². The summed E-state index contributed by atoms with van der Waals surface area (Å²) in [7, 11) is 0. The average molecular weight is 708 g/mol. The van der Waals surface area contributed by atoms with E-state index in [9.17, 15) is 0 Å². The van der Waals surface area contributed by atoms with Crippen molar-refractivity contribution in [2.45, 2.75) is 33.4 Å². The van der Waals surface area contributed by atoms with E-state index in [4.69, 9.17) is 0 Å². The van der Waals surface area contributed by atoms with Crippen LogP contribution in [0.3, 0.4) is 0 Å². The first kappa shape index (κ1) is 28.3. The van der Waals surface area contributed by atoms with Gasteiger partial charge >= 0.3 is 0 Å². The van der Waals surface area contributed by atoms with Crippen LogP contribution in [-0.2, 0) is 0 Å². The van der Waals surface area contributed by atoms with Crippen LogP contribution in [0.15, 0.2) is 141 Å². The molecule has 234 valence electrons. The van der Waals surface area contributed by atoms with Gasteiger partial charge in [0.2, 0.25) is 6.71 Å². The molecule has 0 aliphatic carbocycles. The average Bonchev–Trinajstić information content (AvgIpc) is 3.81. The summed E-state index contributed by atoms with van der Waals surface area (Å²) in [6.07, 6.45) is 0. The fourth-order valence-corrected chi connectivity index (χ4v) is 13.8. The van der Waals surface area contributed by atoms with Crippen molar-refractivity contribution in [1.82, 2.24) is 4.57 Å². The van der Waals surface area contributed by atoms with Crippen LogP contribution in [0.4, 0.5) is 0 Å². The Balaban J connectivity index is 1.25. The van der Waals surface area contributed by atoms with E-state index in [1.54, 1.807) is 0 Å². The summed E-state index contributed by atoms with van der Waals surface area (Å²) in [6, 6.07) is 46.2. The number of aromatic nitrogens is 1. The molecular formula is C44H26BNS4. The molecule has 0 bridgehead atoms. The van der Waals surface area contributed by atoms with Gasteiger partial charge < -0.3 is 4.57 Å². The Hall–Kier alpha value is -4.46. The first-order chi connectivity index (χ1) is 24.6. The SMILES string of the molecule is Cc1ccc2c(c1)B1c3cc(C)ccc3Sc3cc(-n4c5ccccc5c5c6sc7ccccc7c6c6sc7ccccc7c6c54)cc(c31)S2. The maximum absolute atomic E-state index is 2.61. The third kappa shape index (κ3) is 3.67. The lowest BCUT2D eigenvalue weighted by atomic mass is 9.36. The van der Waals surface area contributed by atoms with Crippen LogP contribution < -0.4 is 16.4 Å². The molecule has 0 amide bonds. The number of para-hydroxylation sites is 1. The van der Waals surface area contributed by atoms with Gasteiger partial charge in [0.1, 0.15) is 0 Å². The molecule has 0 radical (unpaired) electrons. The summed E-state index contributed by atoms with van der Waals surface area (Å²) in [5, 5.41) is 8.18. The molecule has 7 aromatic carbocycles. The van der Waals surface area contributed by atoms with Crippen molar-refractivity contribution < 1.29 is 0 Å². The molecule has 3 aromatic heterocycles. The van der Waals surface area contributed by atoms with Crippen molar-refractivity contribution in [3.63, 3.8) is 0 Å². The molecule has 0 fully saturated rings. The molecule has 0 atom stereocenters. The Morgan fingerprint density at radius 2 is 1.02 bits per heavy atom. The quantitative estimate of drug-likeness (QED) is 0.157. The van der Waals surface area contributed by atoms with Crippen LogP contribution >= 0.6 is 46.2 Å². The molecule has 0 N–H and O–H groups in total. The summed E-state index contributed by atoms with van der Waals surface area (Å²) in [5.41, 5.74) is 10.8. The van der Waals surface area contributed by atoms with Crippen molar-refractivity contribution in [1.29, 1.82) is 0 Å². The minimum absolute atomic E-state index is 0.241. The minimum Gasteiger partial charge on any atom is -0.308 e. The van der Waals surface area contributed by atoms with E-state index in [-0.39, 0.29) is 6.71 Å². The molecule has 10 aromatic rings. The van der Waals surface area contributed by atoms with Gasteiger partial charge in [-0.05, 0) is 61.8 Å². The summed E-state index contributed by atoms with van der Waals surface area (Å²) in [6.45, 7) is 4.69. The van der Waals surface area contributed by atoms with Crippen LogP contribution in [0.2, 0.25) is 0 Å². The van der Waals surface area contributed by atoms with Crippen LogP contribution in [0.25, 0.3) is 67.8 Å². The fourth-order valence-electron chi connectivity index (χ4n) is 8.74. The molecule has 5 heterocycles. The molecule has 0 saturated heterocycles. The Morgan fingerprint density at radius 1 is 0.500 bits per heavy atom. The molecule has 12 rings (SSSR count). The Labute approximate surface area is 305 Å². The van der Waals surface area contributed by atoms with E-state index in [1.165, 1.54) is 115 Å². The second-order valence-electron chi connectivity index (χ2n) is 13.8. The van der Waals surface area contributed by atoms with Crippen LogP contribution in [0.1, 0.15) is 11.1 Å². The Kier molecular flexibility index (Phi) is 5.70. The monoisotopic (exact) mass is 707 g/mol. The zero-order chi connectivity index (χ0) is 32.8. The Bertz CT molecular complexity index is 3040. The maximum atomic E-state index is 2.61. The molecule has 2 aliphatic rings. The smallest absolute Gasteiger partial charge is 0.247 e. The van der Waals surface area contributed by atoms with Crippen LogP contribution in [-0.4, -0.2) is 11.3 Å². The third-order valence-corrected chi connectivity index (χ3v) is 15.5. The van der Waals surface area contributed by atoms with Crippen molar-refractivity contribution in [3.05, 3.63) is 132 Å². The summed E-state index contributed by atoms with van der Waals surface area (Å²) >= 11 is 7.80. The highest BCUT2D eigenvalue weighted by Crippen LogP contribution is 2.52. The highest BCUT2D eigenvalue weighted by atomic mass is 32.2. The van der Waals surface area contributed by atoms with E-state index in [0.717, 1.165) is 0 Å². The van der Waals surface area contributed by atoms with Gasteiger partial charge in [0, 0.05) is 76.4 Å². The number of hydrogen-bond donors (Lipinski definition) is 0. The van der Waals surface area contributed by atoms with Crippen molar-refractivity contribution >= 4 is 131 Å². The van der Waals surface area contributed by atoms with Crippen LogP contribution in [0, 0.1) is 13.8 Å². The number of fused-ring (bicyclic) bond motifs is 16. The summed E-state index contributed by atoms with van der Waals surface area (Å²) in [5.74, 6) is 0. The fraction of sp³-hybridized carbons (Fsp3) is 0.0455. The van der Waals surface area contributed by atoms with Gasteiger partial charge in [0.05, 0.1) is 11.0 Å². The predicted molar refractivity (Wildman–Crippen MR) is 222 cm³/mol. The van der Waals surface area contributed by atoms with Crippen molar-refractivity contribution in [2.75, 3.05) is 0 Å². The standard InChI is InChI=1S/C44H26BNS4/c1-23-15-17-34-29(19-23)45-30-20-24(2)16-18-35(30)48-37-22-25(21-36(47-34)41(37)45)46-31-12-6-3-9-26(31)38-42(46)39-27-10-4-7-13-32(27)49-44(39)40-28-11-5-8-14-33(28)50-43(38)40/h3-22H,1-2H3. The third-order valence-electron chi connectivity index (χ3n) is 10.8. The largest absolute Gasteiger partial charge is 0.308 e. The van der Waals surface area contributed by atoms with Gasteiger partial charge in [-0.15, -0.1) is 22.7 Å². The lowest BCUT2D eigenvalue weighted by molar-refractivity contribution is 1.15. The predicted octanol–water partition coefficient (Wildman–Crippen LogP) is 11.6. The topological polar surface area (TPSA) is 4.93 Å². The van der Waals surface area contributed by atoms with Crippen molar-refractivity contribution in [2.24, 2.45) is 0 Å². The van der Waals surface area contributed by atoms with Gasteiger partial charge in [0.15, 0.2) is 0 Å². The molecule has 0 unspecified atom stereocenters. The number of rotatable bonds is 1. The second-order valence-corrected chi connectivity index (χ2v) is 18.0. The second kappa shape index (κ2) is 10.1. The molecule has 0 saturated carbocycles. The summed E-state index contributed by atoms with van der Waals surface area (Å²) < 4.78 is 8.10. The zero-order valence-corrected chi connectivity index (χ0v) is 30.5. The number of hydrogen-bond acceptors (Lipinski definition) is 4. The number of benzene rings is 7. The van der Waals surface area contributed by atoms with E-state index >= 15 is 0 Å². The molecule has 50 heavy (non-hydrogen) atoms. The van der Waals surface area contributed by atoms with E-state index < -0.39 is 0 Å². The maximum Gasteiger partial charge on any atom is 0.247 e. The first-order valence-corrected chi connectivity index (χ1v) is 20.3. The molecular weight excluding hydrogens is 682 g/mol. The normalized spacial score (nSPS) is 13.6. The molecule has 0 spiro atoms. The number of thiophene rings is 2. The van der Waals surface area contributed by atoms with Gasteiger partial charge in [0.25, 0.3) is 0 Å². The van der Waals surface area contributed by atoms with Crippen molar-refractivity contribution in [3.8, 4) is 5.69 Å². The first-order valence-electron chi connectivity index (χ1n) is 17.0.